The van der Waals surface area contributed by atoms with E-state index >= 15 is 0 Å². The normalized spacial score (nSPS) is 11.4. The number of nitrogens with one attached hydrogen (secondary N) is 1. The van der Waals surface area contributed by atoms with Gasteiger partial charge in [-0.2, -0.15) is 13.2 Å². The summed E-state index contributed by atoms with van der Waals surface area (Å²) in [6.45, 7) is 1.75. The lowest BCUT2D eigenvalue weighted by atomic mass is 10.1. The van der Waals surface area contributed by atoms with Gasteiger partial charge in [0.05, 0.1) is 11.1 Å². The fourth-order valence-corrected chi connectivity index (χ4v) is 2.11. The van der Waals surface area contributed by atoms with E-state index in [9.17, 15) is 22.4 Å². The highest BCUT2D eigenvalue weighted by Crippen LogP contribution is 2.30. The van der Waals surface area contributed by atoms with Crippen LogP contribution in [0.2, 0.25) is 0 Å². The second kappa shape index (κ2) is 5.20. The average Bonchev–Trinajstić information content (AvgIpc) is 2.73. The van der Waals surface area contributed by atoms with Gasteiger partial charge in [0, 0.05) is 11.1 Å². The van der Waals surface area contributed by atoms with Gasteiger partial charge in [-0.15, -0.1) is 11.3 Å². The van der Waals surface area contributed by atoms with Crippen molar-refractivity contribution in [3.8, 4) is 0 Å². The Morgan fingerprint density at radius 2 is 2.05 bits per heavy atom. The molecule has 20 heavy (non-hydrogen) atoms. The molecule has 0 saturated heterocycles. The van der Waals surface area contributed by atoms with Gasteiger partial charge >= 0.3 is 6.18 Å². The van der Waals surface area contributed by atoms with Crippen molar-refractivity contribution >= 4 is 22.4 Å². The number of carbonyl (C=O) groups is 1. The largest absolute Gasteiger partial charge is 0.416 e. The Morgan fingerprint density at radius 1 is 1.35 bits per heavy atom. The van der Waals surface area contributed by atoms with Crippen LogP contribution in [0, 0.1) is 12.7 Å². The summed E-state index contributed by atoms with van der Waals surface area (Å²) in [5.41, 5.74) is -1.76. The van der Waals surface area contributed by atoms with E-state index in [1.807, 2.05) is 0 Å². The molecule has 3 nitrogen and oxygen atoms in total. The van der Waals surface area contributed by atoms with Crippen molar-refractivity contribution in [1.82, 2.24) is 4.98 Å². The minimum atomic E-state index is -4.64. The number of amides is 1. The van der Waals surface area contributed by atoms with Crippen LogP contribution in [0.15, 0.2) is 24.4 Å². The topological polar surface area (TPSA) is 42.0 Å². The standard InChI is InChI=1S/C12H8F4N2OS/c1-6-5-17-11(20-6)18-10(19)8-4-7(12(14,15)16)2-3-9(8)13/h2-5H,1H3,(H,17,18,19). The molecule has 0 unspecified atom stereocenters. The number of aryl methyl sites for hydroxylation is 1. The third kappa shape index (κ3) is 3.13. The summed E-state index contributed by atoms with van der Waals surface area (Å²) in [4.78, 5) is 16.4. The van der Waals surface area contributed by atoms with E-state index in [4.69, 9.17) is 0 Å². The number of aromatic nitrogens is 1. The summed E-state index contributed by atoms with van der Waals surface area (Å²) in [6, 6.07) is 1.68. The van der Waals surface area contributed by atoms with Gasteiger partial charge in [-0.05, 0) is 25.1 Å². The van der Waals surface area contributed by atoms with E-state index in [-0.39, 0.29) is 5.13 Å². The minimum Gasteiger partial charge on any atom is -0.298 e. The quantitative estimate of drug-likeness (QED) is 0.856. The first-order valence-electron chi connectivity index (χ1n) is 5.38. The number of nitrogens with zero attached hydrogens (tertiary/aromatic N) is 1. The highest BCUT2D eigenvalue weighted by Gasteiger charge is 2.32. The second-order valence-electron chi connectivity index (χ2n) is 3.92. The Kier molecular flexibility index (Phi) is 3.76. The summed E-state index contributed by atoms with van der Waals surface area (Å²) in [6.07, 6.45) is -3.15. The lowest BCUT2D eigenvalue weighted by molar-refractivity contribution is -0.137. The van der Waals surface area contributed by atoms with Crippen LogP contribution >= 0.6 is 11.3 Å². The van der Waals surface area contributed by atoms with Crippen LogP contribution in [0.4, 0.5) is 22.7 Å². The van der Waals surface area contributed by atoms with Crippen LogP contribution in [-0.4, -0.2) is 10.9 Å². The van der Waals surface area contributed by atoms with Gasteiger partial charge in [-0.1, -0.05) is 0 Å². The van der Waals surface area contributed by atoms with Crippen LogP contribution in [0.5, 0.6) is 0 Å². The molecule has 2 aromatic rings. The highest BCUT2D eigenvalue weighted by atomic mass is 32.1. The summed E-state index contributed by atoms with van der Waals surface area (Å²) in [5.74, 6) is -1.99. The molecule has 0 saturated carbocycles. The molecule has 0 aliphatic rings. The number of alkyl halides is 3. The van der Waals surface area contributed by atoms with Crippen molar-refractivity contribution in [2.24, 2.45) is 0 Å². The Morgan fingerprint density at radius 3 is 2.60 bits per heavy atom. The first kappa shape index (κ1) is 14.4. The van der Waals surface area contributed by atoms with E-state index in [0.29, 0.717) is 18.2 Å². The maximum atomic E-state index is 13.5. The van der Waals surface area contributed by atoms with E-state index in [0.717, 1.165) is 16.2 Å². The summed E-state index contributed by atoms with van der Waals surface area (Å²) in [5, 5.41) is 2.46. The maximum absolute atomic E-state index is 13.5. The molecule has 0 bridgehead atoms. The molecule has 1 aromatic carbocycles. The van der Waals surface area contributed by atoms with Crippen molar-refractivity contribution in [2.75, 3.05) is 5.32 Å². The van der Waals surface area contributed by atoms with Crippen molar-refractivity contribution in [3.63, 3.8) is 0 Å². The summed E-state index contributed by atoms with van der Waals surface area (Å²) in [7, 11) is 0. The van der Waals surface area contributed by atoms with Crippen LogP contribution in [0.1, 0.15) is 20.8 Å². The summed E-state index contributed by atoms with van der Waals surface area (Å²) < 4.78 is 51.1. The van der Waals surface area contributed by atoms with E-state index in [2.05, 4.69) is 10.3 Å². The fraction of sp³-hybridized carbons (Fsp3) is 0.167. The van der Waals surface area contributed by atoms with Crippen LogP contribution in [0.25, 0.3) is 0 Å². The van der Waals surface area contributed by atoms with Crippen molar-refractivity contribution in [2.45, 2.75) is 13.1 Å². The van der Waals surface area contributed by atoms with Crippen LogP contribution in [0.3, 0.4) is 0 Å². The summed E-state index contributed by atoms with van der Waals surface area (Å²) >= 11 is 1.14. The van der Waals surface area contributed by atoms with Gasteiger partial charge in [0.1, 0.15) is 5.82 Å². The number of halogens is 4. The maximum Gasteiger partial charge on any atom is 0.416 e. The van der Waals surface area contributed by atoms with Crippen molar-refractivity contribution in [3.05, 3.63) is 46.2 Å². The third-order valence-corrected chi connectivity index (χ3v) is 3.21. The second-order valence-corrected chi connectivity index (χ2v) is 5.16. The fourth-order valence-electron chi connectivity index (χ4n) is 1.45. The zero-order valence-corrected chi connectivity index (χ0v) is 10.9. The molecule has 0 aliphatic heterocycles. The predicted molar refractivity (Wildman–Crippen MR) is 66.2 cm³/mol. The first-order valence-corrected chi connectivity index (χ1v) is 6.19. The monoisotopic (exact) mass is 304 g/mol. The molecule has 0 aliphatic carbocycles. The molecule has 1 N–H and O–H groups in total. The molecule has 0 fully saturated rings. The average molecular weight is 304 g/mol. The Balaban J connectivity index is 2.29. The molecular formula is C12H8F4N2OS. The van der Waals surface area contributed by atoms with Gasteiger partial charge in [0.2, 0.25) is 0 Å². The molecule has 0 spiro atoms. The molecule has 106 valence electrons. The third-order valence-electron chi connectivity index (χ3n) is 2.38. The predicted octanol–water partition coefficient (Wildman–Crippen LogP) is 3.86. The minimum absolute atomic E-state index is 0.198. The molecule has 2 rings (SSSR count). The number of hydrogen-bond acceptors (Lipinski definition) is 3. The van der Waals surface area contributed by atoms with Crippen molar-refractivity contribution < 1.29 is 22.4 Å². The number of thiazole rings is 1. The van der Waals surface area contributed by atoms with Gasteiger partial charge in [0.25, 0.3) is 5.91 Å². The lowest BCUT2D eigenvalue weighted by Gasteiger charge is -2.09. The smallest absolute Gasteiger partial charge is 0.298 e. The number of hydrogen-bond donors (Lipinski definition) is 1. The molecule has 0 atom stereocenters. The molecular weight excluding hydrogens is 296 g/mol. The number of carbonyl (C=O) groups excluding carboxylic acids is 1. The Hall–Kier alpha value is -1.96. The van der Waals surface area contributed by atoms with E-state index < -0.39 is 29.0 Å². The molecule has 1 aromatic heterocycles. The van der Waals surface area contributed by atoms with Crippen molar-refractivity contribution in [1.29, 1.82) is 0 Å². The molecule has 0 radical (unpaired) electrons. The van der Waals surface area contributed by atoms with Gasteiger partial charge in [-0.25, -0.2) is 9.37 Å². The van der Waals surface area contributed by atoms with E-state index in [1.54, 1.807) is 6.92 Å². The zero-order chi connectivity index (χ0) is 14.9. The van der Waals surface area contributed by atoms with Crippen LogP contribution in [-0.2, 0) is 6.18 Å². The zero-order valence-electron chi connectivity index (χ0n) is 10.1. The molecule has 8 heteroatoms. The van der Waals surface area contributed by atoms with Gasteiger partial charge in [0.15, 0.2) is 5.13 Å². The Labute approximate surface area is 115 Å². The first-order chi connectivity index (χ1) is 9.27. The van der Waals surface area contributed by atoms with Gasteiger partial charge < -0.3 is 0 Å². The lowest BCUT2D eigenvalue weighted by Crippen LogP contribution is -2.15. The number of benzene rings is 1. The molecule has 1 heterocycles. The van der Waals surface area contributed by atoms with Crippen LogP contribution < -0.4 is 5.32 Å². The number of rotatable bonds is 2. The SMILES string of the molecule is Cc1cnc(NC(=O)c2cc(C(F)(F)F)ccc2F)s1. The Bertz CT molecular complexity index is 651. The highest BCUT2D eigenvalue weighted by molar-refractivity contribution is 7.15. The van der Waals surface area contributed by atoms with Gasteiger partial charge in [-0.3, -0.25) is 10.1 Å². The number of anilines is 1. The van der Waals surface area contributed by atoms with E-state index in [1.165, 1.54) is 6.20 Å². The molecule has 1 amide bonds.